The molecule has 3 aromatic rings. The third kappa shape index (κ3) is 4.39. The van der Waals surface area contributed by atoms with Crippen LogP contribution in [0, 0.1) is 0 Å². The maximum Gasteiger partial charge on any atom is 0.338 e. The van der Waals surface area contributed by atoms with Crippen molar-refractivity contribution in [3.8, 4) is 5.75 Å². The molecule has 0 bridgehead atoms. The summed E-state index contributed by atoms with van der Waals surface area (Å²) in [5.74, 6) is 0.744. The molecule has 1 aliphatic rings. The number of fused-ring (bicyclic) bond motifs is 1. The van der Waals surface area contributed by atoms with Gasteiger partial charge in [-0.15, -0.1) is 0 Å². The van der Waals surface area contributed by atoms with Crippen molar-refractivity contribution in [2.24, 2.45) is 0 Å². The Labute approximate surface area is 172 Å². The molecule has 1 saturated heterocycles. The van der Waals surface area contributed by atoms with Crippen LogP contribution in [0.25, 0.3) is 11.0 Å². The zero-order valence-electron chi connectivity index (χ0n) is 15.8. The molecule has 28 heavy (non-hydrogen) atoms. The number of nitrogens with one attached hydrogen (secondary N) is 1. The first-order chi connectivity index (χ1) is 13.6. The van der Waals surface area contributed by atoms with Crippen molar-refractivity contribution in [3.63, 3.8) is 0 Å². The van der Waals surface area contributed by atoms with Crippen LogP contribution in [0.2, 0.25) is 0 Å². The Bertz CT molecular complexity index is 1010. The Morgan fingerprint density at radius 1 is 1.14 bits per heavy atom. The van der Waals surface area contributed by atoms with Crippen LogP contribution < -0.4 is 15.7 Å². The second-order valence-corrected chi connectivity index (χ2v) is 8.08. The first kappa shape index (κ1) is 19.0. The van der Waals surface area contributed by atoms with E-state index >= 15 is 0 Å². The number of hydrogen-bond acceptors (Lipinski definition) is 5. The molecular weight excluding hydrogens is 420 g/mol. The van der Waals surface area contributed by atoms with Crippen molar-refractivity contribution in [1.29, 1.82) is 0 Å². The van der Waals surface area contributed by atoms with E-state index in [0.717, 1.165) is 53.8 Å². The summed E-state index contributed by atoms with van der Waals surface area (Å²) in [7, 11) is 1.63. The Hall–Kier alpha value is -2.31. The smallest absolute Gasteiger partial charge is 0.338 e. The molecule has 0 aliphatic carbocycles. The molecule has 1 aromatic heterocycles. The fraction of sp³-hybridized carbons (Fsp3) is 0.318. The van der Waals surface area contributed by atoms with E-state index in [0.29, 0.717) is 11.6 Å². The molecule has 1 aliphatic heterocycles. The highest BCUT2D eigenvalue weighted by molar-refractivity contribution is 9.10. The molecule has 2 aromatic carbocycles. The van der Waals surface area contributed by atoms with Crippen molar-refractivity contribution in [2.45, 2.75) is 25.4 Å². The van der Waals surface area contributed by atoms with E-state index in [1.807, 2.05) is 6.07 Å². The molecule has 0 unspecified atom stereocenters. The minimum absolute atomic E-state index is 0.331. The van der Waals surface area contributed by atoms with Gasteiger partial charge in [0.25, 0.3) is 0 Å². The standard InChI is InChI=1S/C22H23BrN2O3/c1-27-18-6-7-21-19(12-18)20(13-22(26)28-21)24-17-8-10-25(11-9-17)14-15-2-4-16(23)5-3-15/h2-7,12-13,17,24H,8-11,14H2,1H3. The number of methoxy groups -OCH3 is 1. The summed E-state index contributed by atoms with van der Waals surface area (Å²) in [6.45, 7) is 3.02. The van der Waals surface area contributed by atoms with Crippen LogP contribution in [0.5, 0.6) is 5.75 Å². The van der Waals surface area contributed by atoms with E-state index in [9.17, 15) is 4.79 Å². The maximum absolute atomic E-state index is 11.9. The summed E-state index contributed by atoms with van der Waals surface area (Å²) >= 11 is 3.48. The lowest BCUT2D eigenvalue weighted by Crippen LogP contribution is -2.38. The number of benzene rings is 2. The number of piperidine rings is 1. The van der Waals surface area contributed by atoms with Gasteiger partial charge < -0.3 is 14.5 Å². The second kappa shape index (κ2) is 8.37. The van der Waals surface area contributed by atoms with Gasteiger partial charge >= 0.3 is 5.63 Å². The quantitative estimate of drug-likeness (QED) is 0.583. The fourth-order valence-corrected chi connectivity index (χ4v) is 3.96. The minimum atomic E-state index is -0.340. The van der Waals surface area contributed by atoms with Crippen molar-refractivity contribution in [1.82, 2.24) is 4.90 Å². The molecule has 0 spiro atoms. The van der Waals surface area contributed by atoms with Crippen LogP contribution in [0.3, 0.4) is 0 Å². The average molecular weight is 443 g/mol. The predicted octanol–water partition coefficient (Wildman–Crippen LogP) is 4.64. The lowest BCUT2D eigenvalue weighted by molar-refractivity contribution is 0.211. The number of nitrogens with zero attached hydrogens (tertiary/aromatic N) is 1. The largest absolute Gasteiger partial charge is 0.497 e. The molecule has 0 radical (unpaired) electrons. The molecule has 2 heterocycles. The van der Waals surface area contributed by atoms with Crippen LogP contribution in [0.1, 0.15) is 18.4 Å². The lowest BCUT2D eigenvalue weighted by atomic mass is 10.0. The molecule has 1 fully saturated rings. The number of likely N-dealkylation sites (tertiary alicyclic amines) is 1. The van der Waals surface area contributed by atoms with Gasteiger partial charge in [-0.2, -0.15) is 0 Å². The Morgan fingerprint density at radius 3 is 2.61 bits per heavy atom. The van der Waals surface area contributed by atoms with Crippen molar-refractivity contribution < 1.29 is 9.15 Å². The van der Waals surface area contributed by atoms with Gasteiger partial charge in [0.15, 0.2) is 0 Å². The van der Waals surface area contributed by atoms with Gasteiger partial charge in [0.05, 0.1) is 12.8 Å². The third-order valence-corrected chi connectivity index (χ3v) is 5.74. The van der Waals surface area contributed by atoms with Gasteiger partial charge in [0.2, 0.25) is 0 Å². The van der Waals surface area contributed by atoms with E-state index in [1.54, 1.807) is 19.2 Å². The lowest BCUT2D eigenvalue weighted by Gasteiger charge is -2.33. The highest BCUT2D eigenvalue weighted by Crippen LogP contribution is 2.28. The number of anilines is 1. The van der Waals surface area contributed by atoms with Gasteiger partial charge in [0.1, 0.15) is 11.3 Å². The van der Waals surface area contributed by atoms with Crippen molar-refractivity contribution in [2.75, 3.05) is 25.5 Å². The first-order valence-corrected chi connectivity index (χ1v) is 10.3. The first-order valence-electron chi connectivity index (χ1n) is 9.46. The topological polar surface area (TPSA) is 54.7 Å². The molecule has 1 N–H and O–H groups in total. The highest BCUT2D eigenvalue weighted by atomic mass is 79.9. The predicted molar refractivity (Wildman–Crippen MR) is 115 cm³/mol. The number of rotatable bonds is 5. The zero-order chi connectivity index (χ0) is 19.5. The van der Waals surface area contributed by atoms with E-state index in [1.165, 1.54) is 11.6 Å². The maximum atomic E-state index is 11.9. The molecule has 4 rings (SSSR count). The van der Waals surface area contributed by atoms with Crippen LogP contribution in [-0.4, -0.2) is 31.1 Å². The minimum Gasteiger partial charge on any atom is -0.497 e. The molecule has 6 heteroatoms. The van der Waals surface area contributed by atoms with E-state index in [4.69, 9.17) is 9.15 Å². The van der Waals surface area contributed by atoms with E-state index < -0.39 is 0 Å². The van der Waals surface area contributed by atoms with Crippen molar-refractivity contribution in [3.05, 3.63) is 69.0 Å². The van der Waals surface area contributed by atoms with Gasteiger partial charge in [-0.1, -0.05) is 28.1 Å². The molecule has 5 nitrogen and oxygen atoms in total. The average Bonchev–Trinajstić information content (AvgIpc) is 2.71. The molecule has 0 amide bonds. The van der Waals surface area contributed by atoms with Crippen LogP contribution in [0.15, 0.2) is 62.2 Å². The van der Waals surface area contributed by atoms with Crippen LogP contribution in [0.4, 0.5) is 5.69 Å². The van der Waals surface area contributed by atoms with Gasteiger partial charge in [0, 0.05) is 41.6 Å². The monoisotopic (exact) mass is 442 g/mol. The number of hydrogen-bond donors (Lipinski definition) is 1. The van der Waals surface area contributed by atoms with E-state index in [-0.39, 0.29) is 5.63 Å². The second-order valence-electron chi connectivity index (χ2n) is 7.16. The third-order valence-electron chi connectivity index (χ3n) is 5.22. The summed E-state index contributed by atoms with van der Waals surface area (Å²) in [4.78, 5) is 14.4. The summed E-state index contributed by atoms with van der Waals surface area (Å²) in [6.07, 6.45) is 2.06. The molecule has 0 saturated carbocycles. The van der Waals surface area contributed by atoms with Crippen LogP contribution >= 0.6 is 15.9 Å². The molecule has 146 valence electrons. The number of ether oxygens (including phenoxy) is 1. The fourth-order valence-electron chi connectivity index (χ4n) is 3.69. The van der Waals surface area contributed by atoms with Crippen LogP contribution in [-0.2, 0) is 6.54 Å². The van der Waals surface area contributed by atoms with Gasteiger partial charge in [-0.25, -0.2) is 4.79 Å². The van der Waals surface area contributed by atoms with Crippen molar-refractivity contribution >= 4 is 32.6 Å². The Balaban J connectivity index is 1.43. The molecular formula is C22H23BrN2O3. The highest BCUT2D eigenvalue weighted by Gasteiger charge is 2.20. The number of halogens is 1. The summed E-state index contributed by atoms with van der Waals surface area (Å²) in [6, 6.07) is 15.9. The zero-order valence-corrected chi connectivity index (χ0v) is 17.4. The van der Waals surface area contributed by atoms with Gasteiger partial charge in [-0.3, -0.25) is 4.90 Å². The Morgan fingerprint density at radius 2 is 1.89 bits per heavy atom. The molecule has 0 atom stereocenters. The Kier molecular flexibility index (Phi) is 5.69. The summed E-state index contributed by atoms with van der Waals surface area (Å²) in [5.41, 5.74) is 2.38. The normalized spacial score (nSPS) is 15.6. The SMILES string of the molecule is COc1ccc2oc(=O)cc(NC3CCN(Cc4ccc(Br)cc4)CC3)c2c1. The summed E-state index contributed by atoms with van der Waals surface area (Å²) in [5, 5.41) is 4.43. The van der Waals surface area contributed by atoms with Gasteiger partial charge in [-0.05, 0) is 48.7 Å². The summed E-state index contributed by atoms with van der Waals surface area (Å²) < 4.78 is 11.7. The van der Waals surface area contributed by atoms with E-state index in [2.05, 4.69) is 50.4 Å².